The highest BCUT2D eigenvalue weighted by molar-refractivity contribution is 6.20. The van der Waals surface area contributed by atoms with Crippen LogP contribution in [-0.4, -0.2) is 68.5 Å². The number of nitrogens with zero attached hydrogens (tertiary/aromatic N) is 4. The lowest BCUT2D eigenvalue weighted by Gasteiger charge is -2.20. The van der Waals surface area contributed by atoms with Crippen molar-refractivity contribution in [1.29, 1.82) is 0 Å². The lowest BCUT2D eigenvalue weighted by Crippen LogP contribution is -2.31. The zero-order valence-electron chi connectivity index (χ0n) is 23.9. The molecule has 6 nitrogen and oxygen atoms in total. The Hall–Kier alpha value is -3.75. The first-order valence-electron chi connectivity index (χ1n) is 12.7. The topological polar surface area (TPSA) is 66.6 Å². The second-order valence-electron chi connectivity index (χ2n) is 8.68. The van der Waals surface area contributed by atoms with Gasteiger partial charge in [-0.1, -0.05) is 31.7 Å². The van der Waals surface area contributed by atoms with E-state index in [4.69, 9.17) is 9.73 Å². The van der Waals surface area contributed by atoms with Gasteiger partial charge in [0.05, 0.1) is 11.3 Å². The molecule has 0 fully saturated rings. The standard InChI is InChI=1S/C30H39F3N4O2/c1-9-17-37(11-3)29(38)25-14-12-13-24(18-25)28(35-8)36-23(6)27(19-34-7)21(4)20-39-22(5)15-16-26(10-2)30(31,32)33/h10,12-16,18-19H,2,9,11,17,20H2,1,3-8H3/b22-15+,26-16+,27-21-,34-19?,35-28?,36-23?. The lowest BCUT2D eigenvalue weighted by molar-refractivity contribution is -0.0881. The van der Waals surface area contributed by atoms with Crippen molar-refractivity contribution in [2.75, 3.05) is 33.8 Å². The molecule has 0 aliphatic heterocycles. The Bertz CT molecular complexity index is 1190. The molecule has 0 saturated carbocycles. The molecule has 0 aliphatic rings. The van der Waals surface area contributed by atoms with Crippen LogP contribution in [0.1, 0.15) is 57.0 Å². The van der Waals surface area contributed by atoms with Gasteiger partial charge in [0.15, 0.2) is 5.84 Å². The van der Waals surface area contributed by atoms with Crippen LogP contribution in [0.2, 0.25) is 0 Å². The lowest BCUT2D eigenvalue weighted by atomic mass is 10.1. The van der Waals surface area contributed by atoms with E-state index in [9.17, 15) is 18.0 Å². The number of allylic oxidation sites excluding steroid dienone is 6. The first-order chi connectivity index (χ1) is 18.4. The molecule has 0 saturated heterocycles. The van der Waals surface area contributed by atoms with Crippen molar-refractivity contribution in [3.63, 3.8) is 0 Å². The summed E-state index contributed by atoms with van der Waals surface area (Å²) in [6, 6.07) is 7.22. The average Bonchev–Trinajstić information content (AvgIpc) is 2.91. The minimum absolute atomic E-state index is 0.0437. The number of alkyl halides is 3. The Morgan fingerprint density at radius 1 is 1.10 bits per heavy atom. The van der Waals surface area contributed by atoms with Crippen LogP contribution in [0.4, 0.5) is 13.2 Å². The number of carbonyl (C=O) groups excluding carboxylic acids is 1. The summed E-state index contributed by atoms with van der Waals surface area (Å²) in [5.74, 6) is 0.710. The minimum Gasteiger partial charge on any atom is -0.494 e. The van der Waals surface area contributed by atoms with E-state index in [1.54, 1.807) is 44.3 Å². The van der Waals surface area contributed by atoms with Crippen molar-refractivity contribution in [2.24, 2.45) is 15.0 Å². The summed E-state index contributed by atoms with van der Waals surface area (Å²) in [6.07, 6.45) is 0.969. The summed E-state index contributed by atoms with van der Waals surface area (Å²) >= 11 is 0. The zero-order chi connectivity index (χ0) is 29.6. The molecule has 212 valence electrons. The number of amidine groups is 1. The molecule has 0 aliphatic carbocycles. The summed E-state index contributed by atoms with van der Waals surface area (Å²) in [4.78, 5) is 27.9. The predicted octanol–water partition coefficient (Wildman–Crippen LogP) is 7.01. The van der Waals surface area contributed by atoms with Crippen LogP contribution in [-0.2, 0) is 4.74 Å². The van der Waals surface area contributed by atoms with Crippen LogP contribution < -0.4 is 0 Å². The van der Waals surface area contributed by atoms with Gasteiger partial charge in [-0.05, 0) is 64.0 Å². The van der Waals surface area contributed by atoms with Gasteiger partial charge in [-0.15, -0.1) is 0 Å². The van der Waals surface area contributed by atoms with Crippen LogP contribution in [0, 0.1) is 0 Å². The molecule has 0 bridgehead atoms. The Kier molecular flexibility index (Phi) is 13.9. The molecule has 1 amide bonds. The number of amides is 1. The monoisotopic (exact) mass is 544 g/mol. The average molecular weight is 545 g/mol. The van der Waals surface area contributed by atoms with Crippen molar-refractivity contribution in [2.45, 2.75) is 47.2 Å². The number of hydrogen-bond acceptors (Lipinski definition) is 4. The summed E-state index contributed by atoms with van der Waals surface area (Å²) < 4.78 is 44.3. The third-order valence-electron chi connectivity index (χ3n) is 5.68. The number of rotatable bonds is 12. The molecule has 1 aromatic rings. The van der Waals surface area contributed by atoms with E-state index in [0.717, 1.165) is 24.1 Å². The van der Waals surface area contributed by atoms with Crippen LogP contribution in [0.3, 0.4) is 0 Å². The quantitative estimate of drug-likeness (QED) is 0.123. The molecule has 0 N–H and O–H groups in total. The maximum Gasteiger partial charge on any atom is 0.416 e. The number of halogens is 3. The van der Waals surface area contributed by atoms with Gasteiger partial charge in [-0.3, -0.25) is 14.8 Å². The van der Waals surface area contributed by atoms with Gasteiger partial charge in [0, 0.05) is 55.8 Å². The summed E-state index contributed by atoms with van der Waals surface area (Å²) in [7, 11) is 3.26. The van der Waals surface area contributed by atoms with E-state index < -0.39 is 11.7 Å². The van der Waals surface area contributed by atoms with Gasteiger partial charge in [-0.25, -0.2) is 4.99 Å². The summed E-state index contributed by atoms with van der Waals surface area (Å²) in [5, 5.41) is 0. The van der Waals surface area contributed by atoms with E-state index in [-0.39, 0.29) is 12.5 Å². The second kappa shape index (κ2) is 16.3. The fourth-order valence-corrected chi connectivity index (χ4v) is 3.58. The van der Waals surface area contributed by atoms with Crippen LogP contribution in [0.15, 0.2) is 86.5 Å². The van der Waals surface area contributed by atoms with E-state index >= 15 is 0 Å². The number of benzene rings is 1. The van der Waals surface area contributed by atoms with Crippen molar-refractivity contribution in [1.82, 2.24) is 4.90 Å². The smallest absolute Gasteiger partial charge is 0.416 e. The normalized spacial score (nSPS) is 14.4. The molecule has 0 spiro atoms. The fraction of sp³-hybridized carbons (Fsp3) is 0.400. The third-order valence-corrected chi connectivity index (χ3v) is 5.68. The summed E-state index contributed by atoms with van der Waals surface area (Å²) in [5.41, 5.74) is 2.50. The molecule has 0 heterocycles. The number of aliphatic imine (C=N–C) groups is 3. The van der Waals surface area contributed by atoms with Crippen molar-refractivity contribution >= 4 is 23.7 Å². The van der Waals surface area contributed by atoms with Gasteiger partial charge in [0.25, 0.3) is 5.91 Å². The maximum absolute atomic E-state index is 13.0. The number of ether oxygens (including phenoxy) is 1. The van der Waals surface area contributed by atoms with E-state index in [0.29, 0.717) is 47.1 Å². The SMILES string of the molecule is C=C/C(=C\C=C(/C)OC/C(C)=C(/C=NC)C(C)=NC(=NC)c1cccc(C(=O)N(CC)CCC)c1)C(F)(F)F. The van der Waals surface area contributed by atoms with Crippen LogP contribution in [0.25, 0.3) is 0 Å². The highest BCUT2D eigenvalue weighted by Gasteiger charge is 2.30. The van der Waals surface area contributed by atoms with Crippen LogP contribution in [0.5, 0.6) is 0 Å². The van der Waals surface area contributed by atoms with Gasteiger partial charge in [-0.2, -0.15) is 13.2 Å². The third kappa shape index (κ3) is 10.5. The van der Waals surface area contributed by atoms with Crippen LogP contribution >= 0.6 is 0 Å². The molecule has 0 aromatic heterocycles. The number of carbonyl (C=O) groups is 1. The molecule has 39 heavy (non-hydrogen) atoms. The molecular weight excluding hydrogens is 505 g/mol. The highest BCUT2D eigenvalue weighted by Crippen LogP contribution is 2.26. The predicted molar refractivity (Wildman–Crippen MR) is 155 cm³/mol. The molecule has 1 aromatic carbocycles. The number of hydrogen-bond donors (Lipinski definition) is 0. The first kappa shape index (κ1) is 33.3. The van der Waals surface area contributed by atoms with Crippen molar-refractivity contribution < 1.29 is 22.7 Å². The fourth-order valence-electron chi connectivity index (χ4n) is 3.58. The van der Waals surface area contributed by atoms with Gasteiger partial charge in [0.1, 0.15) is 6.61 Å². The van der Waals surface area contributed by atoms with E-state index in [1.807, 2.05) is 39.8 Å². The Morgan fingerprint density at radius 2 is 1.77 bits per heavy atom. The maximum atomic E-state index is 13.0. The van der Waals surface area contributed by atoms with Gasteiger partial charge >= 0.3 is 6.18 Å². The van der Waals surface area contributed by atoms with E-state index in [2.05, 4.69) is 16.6 Å². The Labute approximate surface area is 230 Å². The van der Waals surface area contributed by atoms with Gasteiger partial charge < -0.3 is 9.64 Å². The Balaban J connectivity index is 3.26. The second-order valence-corrected chi connectivity index (χ2v) is 8.68. The van der Waals surface area contributed by atoms with E-state index in [1.165, 1.54) is 6.08 Å². The van der Waals surface area contributed by atoms with Crippen molar-refractivity contribution in [3.8, 4) is 0 Å². The van der Waals surface area contributed by atoms with Crippen molar-refractivity contribution in [3.05, 3.63) is 82.7 Å². The molecule has 0 radical (unpaired) electrons. The first-order valence-corrected chi connectivity index (χ1v) is 12.7. The molecule has 0 unspecified atom stereocenters. The molecular formula is C30H39F3N4O2. The summed E-state index contributed by atoms with van der Waals surface area (Å²) in [6.45, 7) is 13.8. The molecule has 0 atom stereocenters. The zero-order valence-corrected chi connectivity index (χ0v) is 23.9. The minimum atomic E-state index is -4.48. The molecule has 9 heteroatoms. The highest BCUT2D eigenvalue weighted by atomic mass is 19.4. The molecule has 1 rings (SSSR count). The Morgan fingerprint density at radius 3 is 2.31 bits per heavy atom. The largest absolute Gasteiger partial charge is 0.494 e. The van der Waals surface area contributed by atoms with Gasteiger partial charge in [0.2, 0.25) is 0 Å².